The van der Waals surface area contributed by atoms with Gasteiger partial charge in [0, 0.05) is 20.6 Å². The van der Waals surface area contributed by atoms with E-state index < -0.39 is 5.41 Å². The van der Waals surface area contributed by atoms with Crippen LogP contribution in [0.2, 0.25) is 0 Å². The molecule has 0 aromatic heterocycles. The largest absolute Gasteiger partial charge is 0.392 e. The maximum absolute atomic E-state index is 12.9. The molecule has 0 heterocycles. The summed E-state index contributed by atoms with van der Waals surface area (Å²) in [5.74, 6) is -0.424. The maximum Gasteiger partial charge on any atom is 0.235 e. The molecule has 0 aliphatic carbocycles. The predicted octanol–water partition coefficient (Wildman–Crippen LogP) is 1.70. The fourth-order valence-electron chi connectivity index (χ4n) is 2.73. The summed E-state index contributed by atoms with van der Waals surface area (Å²) in [5.41, 5.74) is 5.12. The molecule has 0 aromatic carbocycles. The summed E-state index contributed by atoms with van der Waals surface area (Å²) in [5, 5.41) is 2.59. The van der Waals surface area contributed by atoms with Gasteiger partial charge in [0.25, 0.3) is 0 Å². The number of nitrogens with one attached hydrogen (secondary N) is 1. The lowest BCUT2D eigenvalue weighted by Gasteiger charge is -2.35. The Morgan fingerprint density at radius 2 is 1.76 bits per heavy atom. The van der Waals surface area contributed by atoms with Crippen molar-refractivity contribution in [1.82, 2.24) is 10.2 Å². The SMILES string of the molecule is CCCC(CCC)(C(=O)N(C)CC(C)C(=O)NC)C(N)=S. The Hall–Kier alpha value is -1.17. The molecule has 5 nitrogen and oxygen atoms in total. The smallest absolute Gasteiger partial charge is 0.235 e. The number of nitrogens with zero attached hydrogens (tertiary/aromatic N) is 1. The summed E-state index contributed by atoms with van der Waals surface area (Å²) in [6.45, 7) is 6.19. The molecule has 0 spiro atoms. The Balaban J connectivity index is 5.19. The molecule has 0 radical (unpaired) electrons. The van der Waals surface area contributed by atoms with Crippen molar-refractivity contribution in [3.8, 4) is 0 Å². The van der Waals surface area contributed by atoms with Gasteiger partial charge in [0.2, 0.25) is 11.8 Å². The van der Waals surface area contributed by atoms with Crippen LogP contribution in [0.25, 0.3) is 0 Å². The van der Waals surface area contributed by atoms with Crippen molar-refractivity contribution in [3.63, 3.8) is 0 Å². The average Bonchev–Trinajstić information content (AvgIpc) is 2.44. The summed E-state index contributed by atoms with van der Waals surface area (Å²) in [6, 6.07) is 0. The number of hydrogen-bond donors (Lipinski definition) is 2. The second-order valence-corrected chi connectivity index (χ2v) is 6.09. The Morgan fingerprint density at radius 3 is 2.10 bits per heavy atom. The van der Waals surface area contributed by atoms with Crippen LogP contribution in [0.5, 0.6) is 0 Å². The van der Waals surface area contributed by atoms with Crippen LogP contribution in [0.3, 0.4) is 0 Å². The topological polar surface area (TPSA) is 75.4 Å². The standard InChI is InChI=1S/C15H29N3O2S/c1-6-8-15(9-7-2,13(16)21)14(20)18(5)10-11(3)12(19)17-4/h11H,6-10H2,1-5H3,(H2,16,21)(H,17,19). The molecular formula is C15H29N3O2S. The van der Waals surface area contributed by atoms with Crippen molar-refractivity contribution in [2.45, 2.75) is 46.5 Å². The molecule has 0 fully saturated rings. The molecule has 0 bridgehead atoms. The van der Waals surface area contributed by atoms with Gasteiger partial charge in [-0.1, -0.05) is 45.8 Å². The molecule has 0 aliphatic heterocycles. The first-order chi connectivity index (χ1) is 9.76. The van der Waals surface area contributed by atoms with E-state index in [2.05, 4.69) is 5.32 Å². The van der Waals surface area contributed by atoms with Crippen LogP contribution in [0.1, 0.15) is 46.5 Å². The van der Waals surface area contributed by atoms with Gasteiger partial charge in [-0.3, -0.25) is 9.59 Å². The second kappa shape index (κ2) is 8.97. The lowest BCUT2D eigenvalue weighted by molar-refractivity contribution is -0.139. The zero-order valence-electron chi connectivity index (χ0n) is 13.9. The highest BCUT2D eigenvalue weighted by Crippen LogP contribution is 2.33. The van der Waals surface area contributed by atoms with Crippen LogP contribution < -0.4 is 11.1 Å². The van der Waals surface area contributed by atoms with Gasteiger partial charge in [-0.2, -0.15) is 0 Å². The molecule has 0 rings (SSSR count). The highest BCUT2D eigenvalue weighted by atomic mass is 32.1. The third-order valence-corrected chi connectivity index (χ3v) is 4.21. The lowest BCUT2D eigenvalue weighted by atomic mass is 9.77. The third kappa shape index (κ3) is 4.95. The van der Waals surface area contributed by atoms with Gasteiger partial charge >= 0.3 is 0 Å². The zero-order valence-corrected chi connectivity index (χ0v) is 14.7. The summed E-state index contributed by atoms with van der Waals surface area (Å²) in [4.78, 5) is 26.3. The second-order valence-electron chi connectivity index (χ2n) is 5.65. The van der Waals surface area contributed by atoms with E-state index in [4.69, 9.17) is 18.0 Å². The minimum absolute atomic E-state index is 0.0746. The molecule has 0 aliphatic rings. The van der Waals surface area contributed by atoms with Crippen LogP contribution in [0.15, 0.2) is 0 Å². The van der Waals surface area contributed by atoms with Gasteiger partial charge < -0.3 is 16.0 Å². The first kappa shape index (κ1) is 19.8. The van der Waals surface area contributed by atoms with Crippen molar-refractivity contribution >= 4 is 29.0 Å². The quantitative estimate of drug-likeness (QED) is 0.635. The number of carbonyl (C=O) groups excluding carboxylic acids is 2. The normalized spacial score (nSPS) is 12.6. The fraction of sp³-hybridized carbons (Fsp3) is 0.800. The van der Waals surface area contributed by atoms with Crippen molar-refractivity contribution in [1.29, 1.82) is 0 Å². The van der Waals surface area contributed by atoms with Gasteiger partial charge in [0.1, 0.15) is 0 Å². The van der Waals surface area contributed by atoms with E-state index in [-0.39, 0.29) is 22.7 Å². The number of rotatable bonds is 9. The van der Waals surface area contributed by atoms with Gasteiger partial charge in [0.15, 0.2) is 0 Å². The minimum Gasteiger partial charge on any atom is -0.392 e. The number of thiocarbonyl (C=S) groups is 1. The van der Waals surface area contributed by atoms with E-state index in [1.165, 1.54) is 0 Å². The van der Waals surface area contributed by atoms with E-state index in [0.29, 0.717) is 19.4 Å². The van der Waals surface area contributed by atoms with Crippen LogP contribution in [-0.2, 0) is 9.59 Å². The molecular weight excluding hydrogens is 286 g/mol. The molecule has 0 aromatic rings. The zero-order chi connectivity index (χ0) is 16.6. The highest BCUT2D eigenvalue weighted by molar-refractivity contribution is 7.80. The van der Waals surface area contributed by atoms with E-state index in [1.54, 1.807) is 25.9 Å². The van der Waals surface area contributed by atoms with Crippen molar-refractivity contribution in [2.75, 3.05) is 20.6 Å². The van der Waals surface area contributed by atoms with Crippen LogP contribution in [0, 0.1) is 11.3 Å². The summed E-state index contributed by atoms with van der Waals surface area (Å²) in [6.07, 6.45) is 2.96. The van der Waals surface area contributed by atoms with Gasteiger partial charge in [-0.15, -0.1) is 0 Å². The van der Waals surface area contributed by atoms with E-state index in [0.717, 1.165) is 12.8 Å². The number of amides is 2. The maximum atomic E-state index is 12.9. The Bertz CT molecular complexity index is 379. The molecule has 2 amide bonds. The monoisotopic (exact) mass is 315 g/mol. The number of hydrogen-bond acceptors (Lipinski definition) is 3. The molecule has 0 saturated heterocycles. The highest BCUT2D eigenvalue weighted by Gasteiger charge is 2.41. The summed E-state index contributed by atoms with van der Waals surface area (Å²) in [7, 11) is 3.30. The lowest BCUT2D eigenvalue weighted by Crippen LogP contribution is -2.51. The molecule has 6 heteroatoms. The summed E-state index contributed by atoms with van der Waals surface area (Å²) < 4.78 is 0. The molecule has 0 saturated carbocycles. The predicted molar refractivity (Wildman–Crippen MR) is 89.9 cm³/mol. The summed E-state index contributed by atoms with van der Waals surface area (Å²) >= 11 is 5.19. The Kier molecular flexibility index (Phi) is 8.47. The van der Waals surface area contributed by atoms with Crippen molar-refractivity contribution < 1.29 is 9.59 Å². The first-order valence-corrected chi connectivity index (χ1v) is 7.94. The van der Waals surface area contributed by atoms with Gasteiger partial charge in [-0.25, -0.2) is 0 Å². The Labute approximate surface area is 133 Å². The third-order valence-electron chi connectivity index (χ3n) is 3.82. The van der Waals surface area contributed by atoms with E-state index in [9.17, 15) is 9.59 Å². The fourth-order valence-corrected chi connectivity index (χ4v) is 3.02. The number of carbonyl (C=O) groups is 2. The average molecular weight is 315 g/mol. The molecule has 1 atom stereocenters. The first-order valence-electron chi connectivity index (χ1n) is 7.53. The van der Waals surface area contributed by atoms with Crippen LogP contribution in [-0.4, -0.2) is 42.3 Å². The van der Waals surface area contributed by atoms with E-state index in [1.807, 2.05) is 13.8 Å². The molecule has 3 N–H and O–H groups in total. The number of nitrogens with two attached hydrogens (primary N) is 1. The van der Waals surface area contributed by atoms with Crippen molar-refractivity contribution in [2.24, 2.45) is 17.1 Å². The van der Waals surface area contributed by atoms with Gasteiger partial charge in [0.05, 0.1) is 16.3 Å². The van der Waals surface area contributed by atoms with E-state index >= 15 is 0 Å². The minimum atomic E-state index is -0.782. The molecule has 122 valence electrons. The molecule has 21 heavy (non-hydrogen) atoms. The molecule has 1 unspecified atom stereocenters. The van der Waals surface area contributed by atoms with Crippen molar-refractivity contribution in [3.05, 3.63) is 0 Å². The van der Waals surface area contributed by atoms with Crippen LogP contribution >= 0.6 is 12.2 Å². The van der Waals surface area contributed by atoms with Gasteiger partial charge in [-0.05, 0) is 12.8 Å². The van der Waals surface area contributed by atoms with Crippen LogP contribution in [0.4, 0.5) is 0 Å². The Morgan fingerprint density at radius 1 is 1.29 bits per heavy atom.